The molecule has 0 saturated heterocycles. The van der Waals surface area contributed by atoms with Crippen LogP contribution in [0.2, 0.25) is 0 Å². The summed E-state index contributed by atoms with van der Waals surface area (Å²) in [6, 6.07) is 11.1. The Morgan fingerprint density at radius 3 is 2.27 bits per heavy atom. The maximum absolute atomic E-state index is 12.4. The van der Waals surface area contributed by atoms with Gasteiger partial charge in [-0.25, -0.2) is 4.98 Å². The smallest absolute Gasteiger partial charge is 0.325 e. The fourth-order valence-electron chi connectivity index (χ4n) is 2.49. The lowest BCUT2D eigenvalue weighted by atomic mass is 10.1. The second-order valence-corrected chi connectivity index (χ2v) is 7.90. The van der Waals surface area contributed by atoms with Crippen LogP contribution in [0, 0.1) is 5.92 Å². The van der Waals surface area contributed by atoms with E-state index in [2.05, 4.69) is 36.8 Å². The number of pyridine rings is 1. The van der Waals surface area contributed by atoms with Crippen LogP contribution in [-0.4, -0.2) is 48.3 Å². The van der Waals surface area contributed by atoms with Crippen molar-refractivity contribution in [2.75, 3.05) is 19.4 Å². The molecule has 1 aromatic heterocycles. The Labute approximate surface area is 200 Å². The number of carbonyl (C=O) groups is 3. The van der Waals surface area contributed by atoms with Crippen molar-refractivity contribution < 1.29 is 28.6 Å². The van der Waals surface area contributed by atoms with E-state index < -0.39 is 17.8 Å². The first-order valence-electron chi connectivity index (χ1n) is 10.5. The van der Waals surface area contributed by atoms with Crippen LogP contribution in [0.1, 0.15) is 43.7 Å². The predicted octanol–water partition coefficient (Wildman–Crippen LogP) is 3.49. The Bertz CT molecular complexity index is 905. The zero-order valence-corrected chi connectivity index (χ0v) is 20.6. The minimum atomic E-state index is -0.692. The number of ether oxygens (including phenoxy) is 3. The third-order valence-electron chi connectivity index (χ3n) is 4.01. The number of nitrogens with zero attached hydrogens (tertiary/aromatic N) is 1. The quantitative estimate of drug-likeness (QED) is 0.422. The number of esters is 2. The van der Waals surface area contributed by atoms with Crippen LogP contribution in [0.5, 0.6) is 11.5 Å². The number of rotatable bonds is 9. The van der Waals surface area contributed by atoms with E-state index in [1.165, 1.54) is 26.3 Å². The molecule has 1 N–H and O–H groups in total. The molecule has 0 spiro atoms. The maximum atomic E-state index is 12.4. The van der Waals surface area contributed by atoms with E-state index in [4.69, 9.17) is 14.2 Å². The van der Waals surface area contributed by atoms with Gasteiger partial charge < -0.3 is 19.5 Å². The van der Waals surface area contributed by atoms with Crippen molar-refractivity contribution in [3.63, 3.8) is 0 Å². The highest BCUT2D eigenvalue weighted by atomic mass is 32.1. The van der Waals surface area contributed by atoms with E-state index >= 15 is 0 Å². The number of benzene rings is 1. The van der Waals surface area contributed by atoms with E-state index in [-0.39, 0.29) is 29.8 Å². The van der Waals surface area contributed by atoms with Gasteiger partial charge in [0, 0.05) is 25.6 Å². The van der Waals surface area contributed by atoms with Crippen molar-refractivity contribution in [1.82, 2.24) is 10.3 Å². The molecule has 0 bridgehead atoms. The van der Waals surface area contributed by atoms with E-state index in [0.717, 1.165) is 17.2 Å². The summed E-state index contributed by atoms with van der Waals surface area (Å²) >= 11 is 4.02. The van der Waals surface area contributed by atoms with Gasteiger partial charge in [-0.2, -0.15) is 12.6 Å². The molecule has 1 amide bonds. The lowest BCUT2D eigenvalue weighted by Gasteiger charge is -2.14. The summed E-state index contributed by atoms with van der Waals surface area (Å²) in [5, 5.41) is 2.41. The molecule has 8 nitrogen and oxygen atoms in total. The highest BCUT2D eigenvalue weighted by molar-refractivity contribution is 7.80. The Balaban J connectivity index is 0.000000981. The number of thiol groups is 1. The van der Waals surface area contributed by atoms with Gasteiger partial charge in [-0.15, -0.1) is 0 Å². The van der Waals surface area contributed by atoms with Gasteiger partial charge in [-0.1, -0.05) is 44.2 Å². The molecule has 0 aliphatic rings. The van der Waals surface area contributed by atoms with Gasteiger partial charge in [0.15, 0.2) is 11.4 Å². The van der Waals surface area contributed by atoms with Gasteiger partial charge in [0.05, 0.1) is 7.11 Å². The standard InChI is InChI=1S/C20H22N2O6.C4H10S/c1-13(11-15-7-5-4-6-8-15)27-17(24)12-22-20(25)18-19(28-14(2)23)16(26-3)9-10-21-18;1-4(2)3-5/h4-10,13H,11-12H2,1-3H3,(H,22,25);4-5H,3H2,1-2H3. The van der Waals surface area contributed by atoms with Gasteiger partial charge in [0.2, 0.25) is 5.75 Å². The summed E-state index contributed by atoms with van der Waals surface area (Å²) in [4.78, 5) is 39.6. The number of amides is 1. The third-order valence-corrected chi connectivity index (χ3v) is 4.74. The monoisotopic (exact) mass is 476 g/mol. The molecule has 1 heterocycles. The zero-order valence-electron chi connectivity index (χ0n) is 19.7. The van der Waals surface area contributed by atoms with E-state index in [1.54, 1.807) is 6.92 Å². The van der Waals surface area contributed by atoms with Crippen molar-refractivity contribution in [3.8, 4) is 11.5 Å². The van der Waals surface area contributed by atoms with Crippen molar-refractivity contribution in [3.05, 3.63) is 53.9 Å². The minimum Gasteiger partial charge on any atom is -0.493 e. The molecule has 9 heteroatoms. The topological polar surface area (TPSA) is 104 Å². The number of methoxy groups -OCH3 is 1. The average Bonchev–Trinajstić information content (AvgIpc) is 2.78. The first-order chi connectivity index (χ1) is 15.7. The van der Waals surface area contributed by atoms with Gasteiger partial charge in [0.25, 0.3) is 5.91 Å². The molecule has 2 rings (SSSR count). The SMILES string of the molecule is CC(C)CS.COc1ccnc(C(=O)NCC(=O)OC(C)Cc2ccccc2)c1OC(C)=O. The molecule has 2 aromatic rings. The second-order valence-electron chi connectivity index (χ2n) is 7.53. The third kappa shape index (κ3) is 10.9. The Kier molecular flexibility index (Phi) is 12.6. The number of nitrogens with one attached hydrogen (secondary N) is 1. The Hall–Kier alpha value is -3.07. The highest BCUT2D eigenvalue weighted by Gasteiger charge is 2.21. The van der Waals surface area contributed by atoms with Crippen LogP contribution >= 0.6 is 12.6 Å². The Morgan fingerprint density at radius 2 is 1.73 bits per heavy atom. The predicted molar refractivity (Wildman–Crippen MR) is 129 cm³/mol. The van der Waals surface area contributed by atoms with Crippen LogP contribution in [0.25, 0.3) is 0 Å². The summed E-state index contributed by atoms with van der Waals surface area (Å²) in [5.41, 5.74) is 0.873. The molecular formula is C24H32N2O6S. The first-order valence-corrected chi connectivity index (χ1v) is 11.1. The molecule has 0 aliphatic heterocycles. The normalized spacial score (nSPS) is 11.0. The van der Waals surface area contributed by atoms with Crippen LogP contribution in [0.15, 0.2) is 42.6 Å². The average molecular weight is 477 g/mol. The summed E-state index contributed by atoms with van der Waals surface area (Å²) in [7, 11) is 1.37. The fourth-order valence-corrected chi connectivity index (χ4v) is 2.49. The highest BCUT2D eigenvalue weighted by Crippen LogP contribution is 2.29. The molecule has 1 atom stereocenters. The molecular weight excluding hydrogens is 444 g/mol. The summed E-state index contributed by atoms with van der Waals surface area (Å²) in [6.45, 7) is 6.91. The fraction of sp³-hybridized carbons (Fsp3) is 0.417. The number of hydrogen-bond acceptors (Lipinski definition) is 8. The molecule has 33 heavy (non-hydrogen) atoms. The molecule has 0 fully saturated rings. The maximum Gasteiger partial charge on any atom is 0.325 e. The molecule has 0 saturated carbocycles. The van der Waals surface area contributed by atoms with Crippen molar-refractivity contribution in [2.45, 2.75) is 40.2 Å². The summed E-state index contributed by atoms with van der Waals surface area (Å²) < 4.78 is 15.4. The largest absolute Gasteiger partial charge is 0.493 e. The number of carbonyl (C=O) groups excluding carboxylic acids is 3. The minimum absolute atomic E-state index is 0.110. The lowest BCUT2D eigenvalue weighted by molar-refractivity contribution is -0.146. The molecule has 1 unspecified atom stereocenters. The van der Waals surface area contributed by atoms with Crippen molar-refractivity contribution >= 4 is 30.5 Å². The summed E-state index contributed by atoms with van der Waals surface area (Å²) in [6.07, 6.45) is 1.55. The van der Waals surface area contributed by atoms with Crippen LogP contribution in [0.3, 0.4) is 0 Å². The van der Waals surface area contributed by atoms with Crippen molar-refractivity contribution in [1.29, 1.82) is 0 Å². The van der Waals surface area contributed by atoms with Gasteiger partial charge in [-0.3, -0.25) is 14.4 Å². The zero-order chi connectivity index (χ0) is 24.8. The molecule has 0 radical (unpaired) electrons. The van der Waals surface area contributed by atoms with Gasteiger partial charge in [-0.05, 0) is 24.2 Å². The van der Waals surface area contributed by atoms with E-state index in [9.17, 15) is 14.4 Å². The molecule has 0 aliphatic carbocycles. The lowest BCUT2D eigenvalue weighted by Crippen LogP contribution is -2.33. The number of hydrogen-bond donors (Lipinski definition) is 2. The Morgan fingerprint density at radius 1 is 1.09 bits per heavy atom. The van der Waals surface area contributed by atoms with Gasteiger partial charge >= 0.3 is 11.9 Å². The van der Waals surface area contributed by atoms with E-state index in [1.807, 2.05) is 30.3 Å². The second kappa shape index (κ2) is 14.9. The van der Waals surface area contributed by atoms with E-state index in [0.29, 0.717) is 6.42 Å². The molecule has 180 valence electrons. The van der Waals surface area contributed by atoms with Crippen molar-refractivity contribution in [2.24, 2.45) is 5.92 Å². The summed E-state index contributed by atoms with van der Waals surface area (Å²) in [5.74, 6) is -0.0976. The van der Waals surface area contributed by atoms with Crippen LogP contribution < -0.4 is 14.8 Å². The van der Waals surface area contributed by atoms with Crippen LogP contribution in [-0.2, 0) is 20.7 Å². The van der Waals surface area contributed by atoms with Crippen LogP contribution in [0.4, 0.5) is 0 Å². The van der Waals surface area contributed by atoms with Gasteiger partial charge in [0.1, 0.15) is 12.6 Å². The number of aromatic nitrogens is 1. The molecule has 1 aromatic carbocycles. The first kappa shape index (κ1) is 28.0.